The van der Waals surface area contributed by atoms with Crippen LogP contribution in [0.1, 0.15) is 22.4 Å². The molecule has 2 heterocycles. The van der Waals surface area contributed by atoms with E-state index in [0.717, 1.165) is 54.2 Å². The average molecular weight is 553 g/mol. The maximum Gasteiger partial charge on any atom is 0.294 e. The fraction of sp³-hybridized carbons (Fsp3) is 0.182. The van der Waals surface area contributed by atoms with Gasteiger partial charge in [-0.3, -0.25) is 9.54 Å². The highest BCUT2D eigenvalue weighted by Crippen LogP contribution is 2.38. The van der Waals surface area contributed by atoms with Crippen LogP contribution in [-0.4, -0.2) is 31.0 Å². The predicted octanol–water partition coefficient (Wildman–Crippen LogP) is 7.18. The minimum absolute atomic E-state index is 0.0666. The minimum Gasteiger partial charge on any atom is -0.457 e. The first kappa shape index (κ1) is 27.4. The van der Waals surface area contributed by atoms with Crippen LogP contribution >= 0.6 is 0 Å². The van der Waals surface area contributed by atoms with Crippen molar-refractivity contribution in [2.24, 2.45) is 0 Å². The zero-order valence-electron chi connectivity index (χ0n) is 22.6. The molecule has 6 nitrogen and oxygen atoms in total. The van der Waals surface area contributed by atoms with E-state index in [2.05, 4.69) is 54.3 Å². The number of anilines is 1. The van der Waals surface area contributed by atoms with E-state index in [1.54, 1.807) is 12.1 Å². The van der Waals surface area contributed by atoms with Crippen LogP contribution < -0.4 is 9.64 Å². The lowest BCUT2D eigenvalue weighted by Crippen LogP contribution is -2.23. The highest BCUT2D eigenvalue weighted by molar-refractivity contribution is 7.85. The molecule has 5 aromatic rings. The second-order valence-corrected chi connectivity index (χ2v) is 11.3. The molecule has 0 aliphatic carbocycles. The SMILES string of the molecule is Cc1ccc(S(=O)(=O)O)cc1.Cc1nc2ccc(Oc3ccccc3)cc2c2c1CCN2CCc1ccccc1. The van der Waals surface area contributed by atoms with E-state index in [0.29, 0.717) is 0 Å². The molecule has 0 unspecified atom stereocenters. The number of hydrogen-bond donors (Lipinski definition) is 1. The van der Waals surface area contributed by atoms with Crippen LogP contribution in [-0.2, 0) is 23.0 Å². The largest absolute Gasteiger partial charge is 0.457 e. The van der Waals surface area contributed by atoms with Gasteiger partial charge in [0.2, 0.25) is 0 Å². The lowest BCUT2D eigenvalue weighted by molar-refractivity contribution is 0.482. The van der Waals surface area contributed by atoms with Crippen LogP contribution in [0.25, 0.3) is 10.9 Å². The average Bonchev–Trinajstić information content (AvgIpc) is 3.39. The van der Waals surface area contributed by atoms with Gasteiger partial charge in [0.05, 0.1) is 16.1 Å². The summed E-state index contributed by atoms with van der Waals surface area (Å²) in [6, 6.07) is 32.9. The van der Waals surface area contributed by atoms with Gasteiger partial charge in [0.15, 0.2) is 0 Å². The van der Waals surface area contributed by atoms with E-state index >= 15 is 0 Å². The first-order chi connectivity index (χ1) is 19.3. The third kappa shape index (κ3) is 6.50. The van der Waals surface area contributed by atoms with Crippen LogP contribution in [0.4, 0.5) is 5.69 Å². The molecule has 0 radical (unpaired) electrons. The van der Waals surface area contributed by atoms with Gasteiger partial charge in [0, 0.05) is 24.2 Å². The van der Waals surface area contributed by atoms with Gasteiger partial charge >= 0.3 is 0 Å². The molecule has 0 saturated carbocycles. The number of nitrogens with zero attached hydrogens (tertiary/aromatic N) is 2. The van der Waals surface area contributed by atoms with E-state index in [1.165, 1.54) is 34.3 Å². The van der Waals surface area contributed by atoms with E-state index < -0.39 is 10.1 Å². The molecule has 1 aromatic heterocycles. The lowest BCUT2D eigenvalue weighted by atomic mass is 10.1. The zero-order chi connectivity index (χ0) is 28.1. The Hall–Kier alpha value is -4.20. The Morgan fingerprint density at radius 2 is 1.52 bits per heavy atom. The van der Waals surface area contributed by atoms with Crippen LogP contribution in [0, 0.1) is 13.8 Å². The van der Waals surface area contributed by atoms with Gasteiger partial charge in [0.1, 0.15) is 11.5 Å². The Balaban J connectivity index is 0.000000248. The number of ether oxygens (including phenoxy) is 1. The smallest absolute Gasteiger partial charge is 0.294 e. The topological polar surface area (TPSA) is 79.7 Å². The van der Waals surface area contributed by atoms with Crippen LogP contribution in [0.3, 0.4) is 0 Å². The molecule has 0 fully saturated rings. The summed E-state index contributed by atoms with van der Waals surface area (Å²) in [6.07, 6.45) is 2.10. The first-order valence-electron chi connectivity index (χ1n) is 13.3. The van der Waals surface area contributed by atoms with E-state index in [1.807, 2.05) is 43.3 Å². The molecule has 1 aliphatic rings. The lowest BCUT2D eigenvalue weighted by Gasteiger charge is -2.22. The Kier molecular flexibility index (Phi) is 8.14. The van der Waals surface area contributed by atoms with Crippen molar-refractivity contribution in [3.8, 4) is 11.5 Å². The standard InChI is InChI=1S/C26H24N2O.C7H8O3S/c1-19-23-15-17-28(16-14-20-8-4-2-5-9-20)26(23)24-18-22(12-13-25(24)27-19)29-21-10-6-3-7-11-21;1-6-2-4-7(5-3-6)11(8,9)10/h2-13,18H,14-17H2,1H3;2-5H,1H3,(H,8,9,10). The van der Waals surface area contributed by atoms with Gasteiger partial charge in [-0.2, -0.15) is 8.42 Å². The van der Waals surface area contributed by atoms with Crippen molar-refractivity contribution >= 4 is 26.7 Å². The Labute approximate surface area is 235 Å². The van der Waals surface area contributed by atoms with Gasteiger partial charge in [0.25, 0.3) is 10.1 Å². The summed E-state index contributed by atoms with van der Waals surface area (Å²) in [6.45, 7) is 6.04. The molecule has 1 N–H and O–H groups in total. The second-order valence-electron chi connectivity index (χ2n) is 9.88. The molecule has 0 saturated heterocycles. The molecule has 0 atom stereocenters. The molecular weight excluding hydrogens is 520 g/mol. The van der Waals surface area contributed by atoms with E-state index in [9.17, 15) is 8.42 Å². The van der Waals surface area contributed by atoms with E-state index in [4.69, 9.17) is 14.3 Å². The quantitative estimate of drug-likeness (QED) is 0.225. The monoisotopic (exact) mass is 552 g/mol. The summed E-state index contributed by atoms with van der Waals surface area (Å²) in [5.74, 6) is 1.70. The number of rotatable bonds is 6. The highest BCUT2D eigenvalue weighted by Gasteiger charge is 2.24. The maximum atomic E-state index is 10.5. The van der Waals surface area contributed by atoms with Gasteiger partial charge in [-0.15, -0.1) is 0 Å². The molecule has 40 heavy (non-hydrogen) atoms. The van der Waals surface area contributed by atoms with Crippen molar-refractivity contribution in [3.63, 3.8) is 0 Å². The van der Waals surface area contributed by atoms with Gasteiger partial charge < -0.3 is 9.64 Å². The van der Waals surface area contributed by atoms with Crippen molar-refractivity contribution in [1.82, 2.24) is 4.98 Å². The van der Waals surface area contributed by atoms with Gasteiger partial charge in [-0.1, -0.05) is 66.2 Å². The molecule has 4 aromatic carbocycles. The maximum absolute atomic E-state index is 10.5. The fourth-order valence-electron chi connectivity index (χ4n) is 4.93. The summed E-state index contributed by atoms with van der Waals surface area (Å²) in [5, 5.41) is 1.18. The van der Waals surface area contributed by atoms with Crippen molar-refractivity contribution in [3.05, 3.63) is 126 Å². The van der Waals surface area contributed by atoms with E-state index in [-0.39, 0.29) is 4.90 Å². The summed E-state index contributed by atoms with van der Waals surface area (Å²) in [7, 11) is -4.02. The number of para-hydroxylation sites is 1. The van der Waals surface area contributed by atoms with Crippen molar-refractivity contribution in [2.45, 2.75) is 31.6 Å². The predicted molar refractivity (Wildman–Crippen MR) is 160 cm³/mol. The molecule has 6 rings (SSSR count). The second kappa shape index (κ2) is 11.9. The van der Waals surface area contributed by atoms with Crippen LogP contribution in [0.5, 0.6) is 11.5 Å². The number of aromatic nitrogens is 1. The van der Waals surface area contributed by atoms with Crippen LogP contribution in [0.2, 0.25) is 0 Å². The molecule has 0 bridgehead atoms. The fourth-order valence-corrected chi connectivity index (χ4v) is 5.41. The summed E-state index contributed by atoms with van der Waals surface area (Å²) >= 11 is 0. The number of hydrogen-bond acceptors (Lipinski definition) is 5. The molecule has 0 amide bonds. The minimum atomic E-state index is -4.02. The van der Waals surface area contributed by atoms with Crippen molar-refractivity contribution in [1.29, 1.82) is 0 Å². The van der Waals surface area contributed by atoms with Crippen molar-refractivity contribution in [2.75, 3.05) is 18.0 Å². The zero-order valence-corrected chi connectivity index (χ0v) is 23.4. The molecule has 204 valence electrons. The summed E-state index contributed by atoms with van der Waals surface area (Å²) in [4.78, 5) is 7.32. The molecule has 1 aliphatic heterocycles. The number of fused-ring (bicyclic) bond motifs is 3. The Morgan fingerprint density at radius 1 is 0.850 bits per heavy atom. The number of aryl methyl sites for hydroxylation is 2. The molecular formula is C33H32N2O4S. The number of pyridine rings is 1. The first-order valence-corrected chi connectivity index (χ1v) is 14.7. The van der Waals surface area contributed by atoms with Crippen LogP contribution in [0.15, 0.2) is 108 Å². The third-order valence-electron chi connectivity index (χ3n) is 6.99. The number of benzene rings is 4. The molecule has 7 heteroatoms. The third-order valence-corrected chi connectivity index (χ3v) is 7.86. The van der Waals surface area contributed by atoms with Crippen molar-refractivity contribution < 1.29 is 17.7 Å². The highest BCUT2D eigenvalue weighted by atomic mass is 32.2. The molecule has 0 spiro atoms. The van der Waals surface area contributed by atoms with Gasteiger partial charge in [-0.25, -0.2) is 0 Å². The van der Waals surface area contributed by atoms with Gasteiger partial charge in [-0.05, 0) is 80.3 Å². The normalized spacial score (nSPS) is 12.5. The Bertz CT molecular complexity index is 1710. The summed E-state index contributed by atoms with van der Waals surface area (Å²) < 4.78 is 35.6. The summed E-state index contributed by atoms with van der Waals surface area (Å²) in [5.41, 5.74) is 7.23. The Morgan fingerprint density at radius 3 is 2.20 bits per heavy atom.